The van der Waals surface area contributed by atoms with E-state index in [1.807, 2.05) is 30.3 Å². The molecule has 1 heterocycles. The van der Waals surface area contributed by atoms with Crippen LogP contribution in [0.15, 0.2) is 35.3 Å². The number of fused-ring (bicyclic) bond motifs is 4. The van der Waals surface area contributed by atoms with Crippen molar-refractivity contribution in [3.63, 3.8) is 0 Å². The van der Waals surface area contributed by atoms with E-state index in [2.05, 4.69) is 0 Å². The highest BCUT2D eigenvalue weighted by Crippen LogP contribution is 2.26. The number of Topliss-reactive ketones (excluding diaryl/α,β-unsaturated/α-hetero) is 1. The highest BCUT2D eigenvalue weighted by Gasteiger charge is 2.20. The molecule has 4 rings (SSSR count). The van der Waals surface area contributed by atoms with Gasteiger partial charge in [-0.3, -0.25) is 9.59 Å². The van der Waals surface area contributed by atoms with E-state index in [4.69, 9.17) is 4.74 Å². The van der Waals surface area contributed by atoms with Crippen molar-refractivity contribution in [3.8, 4) is 0 Å². The molecule has 26 heavy (non-hydrogen) atoms. The summed E-state index contributed by atoms with van der Waals surface area (Å²) in [6, 6.07) is 7.67. The molecule has 130 valence electrons. The van der Waals surface area contributed by atoms with Gasteiger partial charge in [-0.05, 0) is 51.7 Å². The number of hydrogen-bond donors (Lipinski definition) is 0. The van der Waals surface area contributed by atoms with Crippen molar-refractivity contribution < 1.29 is 14.3 Å². The first-order chi connectivity index (χ1) is 12.5. The van der Waals surface area contributed by atoms with E-state index >= 15 is 0 Å². The molecule has 0 radical (unpaired) electrons. The van der Waals surface area contributed by atoms with E-state index in [0.717, 1.165) is 26.6 Å². The van der Waals surface area contributed by atoms with Crippen molar-refractivity contribution in [2.75, 3.05) is 6.61 Å². The highest BCUT2D eigenvalue weighted by molar-refractivity contribution is 6.17. The number of rotatable bonds is 2. The Morgan fingerprint density at radius 2 is 1.92 bits per heavy atom. The molecule has 0 amide bonds. The number of hydrogen-bond acceptors (Lipinski definition) is 4. The van der Waals surface area contributed by atoms with Gasteiger partial charge in [-0.15, -0.1) is 0 Å². The first kappa shape index (κ1) is 16.3. The molecule has 0 saturated carbocycles. The third kappa shape index (κ3) is 2.44. The molecule has 0 bridgehead atoms. The first-order valence-electron chi connectivity index (χ1n) is 8.47. The Balaban J connectivity index is 2.21. The van der Waals surface area contributed by atoms with Crippen LogP contribution in [0.25, 0.3) is 33.7 Å². The largest absolute Gasteiger partial charge is 0.462 e. The van der Waals surface area contributed by atoms with Crippen molar-refractivity contribution in [1.82, 2.24) is 4.57 Å². The van der Waals surface area contributed by atoms with E-state index in [0.29, 0.717) is 11.8 Å². The monoisotopic (exact) mass is 347 g/mol. The second-order valence-electron chi connectivity index (χ2n) is 6.39. The second-order valence-corrected chi connectivity index (χ2v) is 6.39. The van der Waals surface area contributed by atoms with E-state index < -0.39 is 5.97 Å². The Bertz CT molecular complexity index is 1280. The Kier molecular flexibility index (Phi) is 3.72. The van der Waals surface area contributed by atoms with E-state index in [-0.39, 0.29) is 23.5 Å². The molecule has 0 N–H and O–H groups in total. The minimum absolute atomic E-state index is 0.0493. The lowest BCUT2D eigenvalue weighted by Gasteiger charge is -2.12. The molecule has 1 aromatic heterocycles. The molecule has 1 aliphatic rings. The fourth-order valence-corrected chi connectivity index (χ4v) is 3.50. The normalized spacial score (nSPS) is 13.2. The maximum Gasteiger partial charge on any atom is 0.344 e. The van der Waals surface area contributed by atoms with Crippen molar-refractivity contribution in [3.05, 3.63) is 56.8 Å². The number of nitrogens with zero attached hydrogens (tertiary/aromatic N) is 1. The summed E-state index contributed by atoms with van der Waals surface area (Å²) in [5.41, 5.74) is -0.333. The number of pyridine rings is 1. The fourth-order valence-electron chi connectivity index (χ4n) is 3.50. The molecule has 0 saturated heterocycles. The van der Waals surface area contributed by atoms with Gasteiger partial charge in [0.2, 0.25) is 0 Å². The van der Waals surface area contributed by atoms with Crippen LogP contribution in [0, 0.1) is 0 Å². The number of ether oxygens (including phenoxy) is 1. The van der Waals surface area contributed by atoms with Crippen LogP contribution < -0.4 is 16.0 Å². The molecular weight excluding hydrogens is 330 g/mol. The summed E-state index contributed by atoms with van der Waals surface area (Å²) in [6.07, 6.45) is 5.59. The zero-order chi connectivity index (χ0) is 18.4. The number of aromatic nitrogens is 1. The zero-order valence-electron chi connectivity index (χ0n) is 14.5. The summed E-state index contributed by atoms with van der Waals surface area (Å²) in [6.45, 7) is 1.91. The Morgan fingerprint density at radius 1 is 1.15 bits per heavy atom. The lowest BCUT2D eigenvalue weighted by atomic mass is 9.96. The van der Waals surface area contributed by atoms with Crippen LogP contribution in [0.5, 0.6) is 0 Å². The fraction of sp³-hybridized carbons (Fsp3) is 0.190. The van der Waals surface area contributed by atoms with Crippen molar-refractivity contribution in [2.24, 2.45) is 7.05 Å². The maximum absolute atomic E-state index is 12.7. The predicted octanol–water partition coefficient (Wildman–Crippen LogP) is 1.40. The lowest BCUT2D eigenvalue weighted by Crippen LogP contribution is -2.29. The van der Waals surface area contributed by atoms with Gasteiger partial charge in [0.15, 0.2) is 5.78 Å². The molecule has 0 spiro atoms. The van der Waals surface area contributed by atoms with Crippen LogP contribution in [0.4, 0.5) is 0 Å². The molecule has 0 fully saturated rings. The molecule has 5 heteroatoms. The molecule has 2 aromatic carbocycles. The predicted molar refractivity (Wildman–Crippen MR) is 100 cm³/mol. The number of benzene rings is 2. The number of carbonyl (C=O) groups excluding carboxylic acids is 2. The van der Waals surface area contributed by atoms with Crippen LogP contribution in [0.1, 0.15) is 23.7 Å². The standard InChI is InChI=1S/C21H17NO4/c1-3-26-21(25)19-18-14(11-22(2)20(19)24)5-4-13-8-15-9-16(23)7-6-12(15)10-17(13)18/h4-6,8-11H,3,7H2,1-2H3. The van der Waals surface area contributed by atoms with Gasteiger partial charge in [0, 0.05) is 25.1 Å². The van der Waals surface area contributed by atoms with Crippen molar-refractivity contribution >= 4 is 45.4 Å². The molecule has 3 aromatic rings. The van der Waals surface area contributed by atoms with Crippen molar-refractivity contribution in [1.29, 1.82) is 0 Å². The van der Waals surface area contributed by atoms with E-state index in [9.17, 15) is 14.4 Å². The van der Waals surface area contributed by atoms with Gasteiger partial charge in [0.25, 0.3) is 5.56 Å². The van der Waals surface area contributed by atoms with Crippen LogP contribution in [0.2, 0.25) is 0 Å². The molecule has 0 atom stereocenters. The molecule has 5 nitrogen and oxygen atoms in total. The summed E-state index contributed by atoms with van der Waals surface area (Å²) >= 11 is 0. The average molecular weight is 347 g/mol. The van der Waals surface area contributed by atoms with E-state index in [1.54, 1.807) is 26.2 Å². The van der Waals surface area contributed by atoms with Crippen LogP contribution >= 0.6 is 0 Å². The Hall–Kier alpha value is -3.21. The molecule has 1 aliphatic carbocycles. The maximum atomic E-state index is 12.7. The third-order valence-electron chi connectivity index (χ3n) is 4.69. The van der Waals surface area contributed by atoms with Gasteiger partial charge in [-0.2, -0.15) is 0 Å². The summed E-state index contributed by atoms with van der Waals surface area (Å²) in [7, 11) is 1.62. The van der Waals surface area contributed by atoms with Gasteiger partial charge < -0.3 is 9.30 Å². The Morgan fingerprint density at radius 3 is 2.69 bits per heavy atom. The quantitative estimate of drug-likeness (QED) is 0.519. The van der Waals surface area contributed by atoms with Gasteiger partial charge in [-0.25, -0.2) is 4.79 Å². The minimum Gasteiger partial charge on any atom is -0.462 e. The zero-order valence-corrected chi connectivity index (χ0v) is 14.5. The van der Waals surface area contributed by atoms with Crippen molar-refractivity contribution in [2.45, 2.75) is 13.3 Å². The number of carbonyl (C=O) groups is 2. The molecule has 0 unspecified atom stereocenters. The van der Waals surface area contributed by atoms with Crippen LogP contribution in [0.3, 0.4) is 0 Å². The summed E-state index contributed by atoms with van der Waals surface area (Å²) < 4.78 is 6.54. The first-order valence-corrected chi connectivity index (χ1v) is 8.47. The van der Waals surface area contributed by atoms with Crippen LogP contribution in [-0.4, -0.2) is 22.9 Å². The van der Waals surface area contributed by atoms with Gasteiger partial charge >= 0.3 is 5.97 Å². The SMILES string of the molecule is CCOC(=O)c1c(=O)n(C)cc2ccc3cc4c(cc3c12)=CCC(=O)C=4. The number of esters is 1. The number of aryl methyl sites for hydroxylation is 1. The van der Waals surface area contributed by atoms with Gasteiger partial charge in [-0.1, -0.05) is 18.2 Å². The lowest BCUT2D eigenvalue weighted by molar-refractivity contribution is -0.112. The Labute approximate surface area is 148 Å². The summed E-state index contributed by atoms with van der Waals surface area (Å²) in [5, 5.41) is 4.85. The van der Waals surface area contributed by atoms with Crippen LogP contribution in [-0.2, 0) is 16.6 Å². The summed E-state index contributed by atoms with van der Waals surface area (Å²) in [4.78, 5) is 36.9. The minimum atomic E-state index is -0.616. The van der Waals surface area contributed by atoms with Gasteiger partial charge in [0.1, 0.15) is 5.56 Å². The average Bonchev–Trinajstić information content (AvgIpc) is 2.61. The number of ketones is 1. The molecular formula is C21H17NO4. The van der Waals surface area contributed by atoms with Gasteiger partial charge in [0.05, 0.1) is 6.61 Å². The second kappa shape index (κ2) is 5.95. The smallest absolute Gasteiger partial charge is 0.344 e. The van der Waals surface area contributed by atoms with E-state index in [1.165, 1.54) is 4.57 Å². The topological polar surface area (TPSA) is 65.4 Å². The summed E-state index contributed by atoms with van der Waals surface area (Å²) in [5.74, 6) is -0.548. The molecule has 0 aliphatic heterocycles. The third-order valence-corrected chi connectivity index (χ3v) is 4.69. The highest BCUT2D eigenvalue weighted by atomic mass is 16.5.